The molecule has 1 aromatic carbocycles. The molecule has 0 spiro atoms. The van der Waals surface area contributed by atoms with Crippen molar-refractivity contribution in [3.05, 3.63) is 87.0 Å². The molecule has 0 aliphatic carbocycles. The van der Waals surface area contributed by atoms with Gasteiger partial charge in [0.2, 0.25) is 11.7 Å². The molecule has 0 unspecified atom stereocenters. The molecule has 0 amide bonds. The van der Waals surface area contributed by atoms with E-state index in [0.717, 1.165) is 11.3 Å². The van der Waals surface area contributed by atoms with Crippen LogP contribution < -0.4 is 16.2 Å². The molecular weight excluding hydrogens is 465 g/mol. The summed E-state index contributed by atoms with van der Waals surface area (Å²) in [5.41, 5.74) is 1.42. The smallest absolute Gasteiger partial charge is 0.294 e. The summed E-state index contributed by atoms with van der Waals surface area (Å²) < 4.78 is 6.73. The van der Waals surface area contributed by atoms with Crippen LogP contribution in [0.25, 0.3) is 11.4 Å². The van der Waals surface area contributed by atoms with Gasteiger partial charge in [-0.1, -0.05) is 46.6 Å². The van der Waals surface area contributed by atoms with Crippen LogP contribution in [0.3, 0.4) is 0 Å². The normalized spacial score (nSPS) is 11.0. The van der Waals surface area contributed by atoms with Gasteiger partial charge >= 0.3 is 0 Å². The number of anilines is 1. The first-order valence-corrected chi connectivity index (χ1v) is 11.0. The highest BCUT2D eigenvalue weighted by Gasteiger charge is 2.11. The van der Waals surface area contributed by atoms with Crippen LogP contribution in [0.1, 0.15) is 11.6 Å². The standard InChI is InChI=1S/C22H21Cl2N7O2/c23-16-5-3-4-15(12-16)20-29-19(33-30-20)14-25-10-11-31-18(24)13-28-21(22(31)32)27-9-7-17-6-1-2-8-26-17/h1-6,8,12-13,25H,7,9-11,14H2,(H,27,28). The molecule has 33 heavy (non-hydrogen) atoms. The Bertz CT molecular complexity index is 1260. The van der Waals surface area contributed by atoms with Crippen LogP contribution in [0.5, 0.6) is 0 Å². The van der Waals surface area contributed by atoms with Gasteiger partial charge in [0.15, 0.2) is 5.82 Å². The summed E-state index contributed by atoms with van der Waals surface area (Å²) in [6, 6.07) is 12.9. The number of benzene rings is 1. The average Bonchev–Trinajstić information content (AvgIpc) is 3.30. The maximum Gasteiger partial charge on any atom is 0.294 e. The lowest BCUT2D eigenvalue weighted by atomic mass is 10.2. The van der Waals surface area contributed by atoms with Crippen molar-refractivity contribution in [2.45, 2.75) is 19.5 Å². The minimum Gasteiger partial charge on any atom is -0.365 e. The van der Waals surface area contributed by atoms with Gasteiger partial charge in [-0.15, -0.1) is 0 Å². The van der Waals surface area contributed by atoms with E-state index in [2.05, 4.69) is 30.7 Å². The van der Waals surface area contributed by atoms with Gasteiger partial charge in [0.25, 0.3) is 5.56 Å². The van der Waals surface area contributed by atoms with Crippen LogP contribution in [0, 0.1) is 0 Å². The van der Waals surface area contributed by atoms with Gasteiger partial charge in [-0.3, -0.25) is 14.3 Å². The molecule has 11 heteroatoms. The molecule has 0 atom stereocenters. The number of aromatic nitrogens is 5. The van der Waals surface area contributed by atoms with E-state index < -0.39 is 0 Å². The highest BCUT2D eigenvalue weighted by atomic mass is 35.5. The van der Waals surface area contributed by atoms with Crippen LogP contribution in [0.2, 0.25) is 10.2 Å². The van der Waals surface area contributed by atoms with Crippen molar-refractivity contribution >= 4 is 29.0 Å². The van der Waals surface area contributed by atoms with Crippen LogP contribution in [0.4, 0.5) is 5.82 Å². The summed E-state index contributed by atoms with van der Waals surface area (Å²) in [7, 11) is 0. The van der Waals surface area contributed by atoms with E-state index in [1.807, 2.05) is 30.3 Å². The highest BCUT2D eigenvalue weighted by Crippen LogP contribution is 2.19. The van der Waals surface area contributed by atoms with Crippen molar-refractivity contribution in [3.63, 3.8) is 0 Å². The van der Waals surface area contributed by atoms with E-state index in [-0.39, 0.29) is 16.5 Å². The third-order valence-electron chi connectivity index (χ3n) is 4.74. The van der Waals surface area contributed by atoms with E-state index >= 15 is 0 Å². The van der Waals surface area contributed by atoms with E-state index in [0.29, 0.717) is 49.3 Å². The molecule has 0 saturated carbocycles. The number of halogens is 2. The molecule has 4 rings (SSSR count). The summed E-state index contributed by atoms with van der Waals surface area (Å²) in [5, 5.41) is 11.1. The molecule has 0 saturated heterocycles. The van der Waals surface area contributed by atoms with Gasteiger partial charge in [-0.25, -0.2) is 4.98 Å². The minimum absolute atomic E-state index is 0.249. The van der Waals surface area contributed by atoms with E-state index in [9.17, 15) is 4.79 Å². The summed E-state index contributed by atoms with van der Waals surface area (Å²) in [6.45, 7) is 1.70. The zero-order valence-electron chi connectivity index (χ0n) is 17.5. The van der Waals surface area contributed by atoms with Crippen LogP contribution >= 0.6 is 23.2 Å². The largest absolute Gasteiger partial charge is 0.365 e. The van der Waals surface area contributed by atoms with Crippen molar-refractivity contribution in [3.8, 4) is 11.4 Å². The number of hydrogen-bond acceptors (Lipinski definition) is 8. The Labute approximate surface area is 199 Å². The number of nitrogens with zero attached hydrogens (tertiary/aromatic N) is 5. The highest BCUT2D eigenvalue weighted by molar-refractivity contribution is 6.30. The topological polar surface area (TPSA) is 111 Å². The van der Waals surface area contributed by atoms with Crippen LogP contribution in [0.15, 0.2) is 64.2 Å². The fraction of sp³-hybridized carbons (Fsp3) is 0.227. The molecule has 170 valence electrons. The van der Waals surface area contributed by atoms with Crippen molar-refractivity contribution in [2.24, 2.45) is 0 Å². The van der Waals surface area contributed by atoms with Crippen molar-refractivity contribution < 1.29 is 4.52 Å². The molecule has 3 heterocycles. The summed E-state index contributed by atoms with van der Waals surface area (Å²) in [4.78, 5) is 25.5. The van der Waals surface area contributed by atoms with Gasteiger partial charge in [0.1, 0.15) is 5.15 Å². The van der Waals surface area contributed by atoms with Crippen LogP contribution in [-0.4, -0.2) is 37.8 Å². The van der Waals surface area contributed by atoms with Crippen molar-refractivity contribution in [2.75, 3.05) is 18.4 Å². The maximum atomic E-state index is 12.7. The van der Waals surface area contributed by atoms with Gasteiger partial charge in [0, 0.05) is 48.5 Å². The van der Waals surface area contributed by atoms with Gasteiger partial charge < -0.3 is 15.2 Å². The summed E-state index contributed by atoms with van der Waals surface area (Å²) >= 11 is 12.2. The maximum absolute atomic E-state index is 12.7. The number of hydrogen-bond donors (Lipinski definition) is 2. The van der Waals surface area contributed by atoms with E-state index in [1.54, 1.807) is 18.3 Å². The first-order chi connectivity index (χ1) is 16.1. The number of pyridine rings is 1. The number of nitrogens with one attached hydrogen (secondary N) is 2. The van der Waals surface area contributed by atoms with Crippen molar-refractivity contribution in [1.82, 2.24) is 30.0 Å². The molecule has 0 radical (unpaired) electrons. The van der Waals surface area contributed by atoms with Crippen molar-refractivity contribution in [1.29, 1.82) is 0 Å². The van der Waals surface area contributed by atoms with E-state index in [4.69, 9.17) is 27.7 Å². The Hall–Kier alpha value is -3.27. The third kappa shape index (κ3) is 6.16. The third-order valence-corrected chi connectivity index (χ3v) is 5.28. The first kappa shape index (κ1) is 22.9. The molecule has 3 aromatic heterocycles. The van der Waals surface area contributed by atoms with Gasteiger partial charge in [-0.05, 0) is 24.3 Å². The quantitative estimate of drug-likeness (QED) is 0.328. The Kier molecular flexibility index (Phi) is 7.66. The lowest BCUT2D eigenvalue weighted by Crippen LogP contribution is -2.30. The molecular formula is C22H21Cl2N7O2. The Morgan fingerprint density at radius 2 is 1.97 bits per heavy atom. The molecule has 0 aliphatic rings. The second kappa shape index (κ2) is 11.0. The lowest BCUT2D eigenvalue weighted by molar-refractivity contribution is 0.366. The molecule has 2 N–H and O–H groups in total. The molecule has 4 aromatic rings. The Morgan fingerprint density at radius 3 is 2.79 bits per heavy atom. The second-order valence-electron chi connectivity index (χ2n) is 7.08. The Morgan fingerprint density at radius 1 is 1.06 bits per heavy atom. The zero-order valence-corrected chi connectivity index (χ0v) is 19.1. The fourth-order valence-electron chi connectivity index (χ4n) is 3.11. The Balaban J connectivity index is 1.29. The predicted molar refractivity (Wildman–Crippen MR) is 126 cm³/mol. The SMILES string of the molecule is O=c1c(NCCc2ccccn2)ncc(Cl)n1CCNCc1nc(-c2cccc(Cl)c2)no1. The lowest BCUT2D eigenvalue weighted by Gasteiger charge is -2.11. The summed E-state index contributed by atoms with van der Waals surface area (Å²) in [5.74, 6) is 1.14. The molecule has 0 bridgehead atoms. The average molecular weight is 486 g/mol. The van der Waals surface area contributed by atoms with Gasteiger partial charge in [0.05, 0.1) is 12.7 Å². The monoisotopic (exact) mass is 485 g/mol. The van der Waals surface area contributed by atoms with Gasteiger partial charge in [-0.2, -0.15) is 4.98 Å². The minimum atomic E-state index is -0.286. The second-order valence-corrected chi connectivity index (χ2v) is 7.91. The zero-order chi connectivity index (χ0) is 23.0. The summed E-state index contributed by atoms with van der Waals surface area (Å²) in [6.07, 6.45) is 3.87. The molecule has 9 nitrogen and oxygen atoms in total. The van der Waals surface area contributed by atoms with Crippen LogP contribution in [-0.2, 0) is 19.5 Å². The number of rotatable bonds is 10. The van der Waals surface area contributed by atoms with E-state index in [1.165, 1.54) is 10.8 Å². The first-order valence-electron chi connectivity index (χ1n) is 10.3. The molecule has 0 fully saturated rings. The predicted octanol–water partition coefficient (Wildman–Crippen LogP) is 3.44. The fourth-order valence-corrected chi connectivity index (χ4v) is 3.51. The molecule has 0 aliphatic heterocycles.